The normalized spacial score (nSPS) is 22.5. The molecule has 1 heterocycles. The summed E-state index contributed by atoms with van der Waals surface area (Å²) in [5.41, 5.74) is 8.51. The van der Waals surface area contributed by atoms with Crippen molar-refractivity contribution in [3.05, 3.63) is 65.7 Å². The molecule has 0 radical (unpaired) electrons. The number of phenolic OH excluding ortho intramolecular Hbond substituents is 1. The molecular weight excluding hydrogens is 260 g/mol. The summed E-state index contributed by atoms with van der Waals surface area (Å²) in [5.74, 6) is 1.35. The van der Waals surface area contributed by atoms with Crippen LogP contribution in [0.3, 0.4) is 0 Å². The molecule has 0 saturated carbocycles. The third-order valence-electron chi connectivity index (χ3n) is 4.36. The predicted molar refractivity (Wildman–Crippen MR) is 85.1 cm³/mol. The molecule has 1 aliphatic rings. The van der Waals surface area contributed by atoms with Gasteiger partial charge in [0.15, 0.2) is 0 Å². The van der Waals surface area contributed by atoms with Crippen LogP contribution in [0.2, 0.25) is 0 Å². The molecule has 0 unspecified atom stereocenters. The average molecular weight is 282 g/mol. The Bertz CT molecular complexity index is 585. The van der Waals surface area contributed by atoms with Gasteiger partial charge in [0.2, 0.25) is 0 Å². The van der Waals surface area contributed by atoms with Crippen molar-refractivity contribution in [3.63, 3.8) is 0 Å². The van der Waals surface area contributed by atoms with E-state index in [0.29, 0.717) is 17.6 Å². The molecular formula is C18H22N2O. The third kappa shape index (κ3) is 3.26. The van der Waals surface area contributed by atoms with Crippen LogP contribution in [0.25, 0.3) is 0 Å². The third-order valence-corrected chi connectivity index (χ3v) is 4.36. The standard InChI is InChI=1S/C18H22N2O/c19-10-16-12-20(11-14-5-4-8-17(21)9-14)13-18(16)15-6-2-1-3-7-15/h1-9,16,18,21H,10-13,19H2/t16-,18+/m1/s1. The summed E-state index contributed by atoms with van der Waals surface area (Å²) < 4.78 is 0. The summed E-state index contributed by atoms with van der Waals surface area (Å²) in [5, 5.41) is 9.58. The first kappa shape index (κ1) is 14.1. The van der Waals surface area contributed by atoms with Crippen molar-refractivity contribution in [1.82, 2.24) is 4.90 Å². The lowest BCUT2D eigenvalue weighted by molar-refractivity contribution is 0.316. The van der Waals surface area contributed by atoms with Crippen LogP contribution >= 0.6 is 0 Å². The number of nitrogens with zero attached hydrogens (tertiary/aromatic N) is 1. The van der Waals surface area contributed by atoms with Gasteiger partial charge < -0.3 is 10.8 Å². The van der Waals surface area contributed by atoms with Gasteiger partial charge in [0.05, 0.1) is 0 Å². The first-order valence-electron chi connectivity index (χ1n) is 7.51. The number of aromatic hydroxyl groups is 1. The van der Waals surface area contributed by atoms with E-state index in [1.54, 1.807) is 6.07 Å². The Morgan fingerprint density at radius 2 is 1.86 bits per heavy atom. The molecule has 2 aromatic rings. The summed E-state index contributed by atoms with van der Waals surface area (Å²) in [4.78, 5) is 2.43. The molecule has 110 valence electrons. The van der Waals surface area contributed by atoms with Crippen LogP contribution < -0.4 is 5.73 Å². The fourth-order valence-electron chi connectivity index (χ4n) is 3.32. The molecule has 2 aromatic carbocycles. The van der Waals surface area contributed by atoms with Gasteiger partial charge in [0.1, 0.15) is 5.75 Å². The predicted octanol–water partition coefficient (Wildman–Crippen LogP) is 2.57. The van der Waals surface area contributed by atoms with E-state index < -0.39 is 0 Å². The number of hydrogen-bond acceptors (Lipinski definition) is 3. The van der Waals surface area contributed by atoms with Gasteiger partial charge in [0.25, 0.3) is 0 Å². The molecule has 1 fully saturated rings. The topological polar surface area (TPSA) is 49.5 Å². The van der Waals surface area contributed by atoms with E-state index in [0.717, 1.165) is 31.7 Å². The molecule has 3 nitrogen and oxygen atoms in total. The summed E-state index contributed by atoms with van der Waals surface area (Å²) >= 11 is 0. The Balaban J connectivity index is 1.72. The molecule has 1 saturated heterocycles. The Kier molecular flexibility index (Phi) is 4.23. The number of benzene rings is 2. The maximum atomic E-state index is 9.58. The van der Waals surface area contributed by atoms with Gasteiger partial charge in [-0.3, -0.25) is 4.90 Å². The van der Waals surface area contributed by atoms with Gasteiger partial charge in [-0.05, 0) is 35.7 Å². The highest BCUT2D eigenvalue weighted by atomic mass is 16.3. The molecule has 0 spiro atoms. The van der Waals surface area contributed by atoms with Crippen LogP contribution in [0.4, 0.5) is 0 Å². The Morgan fingerprint density at radius 3 is 2.57 bits per heavy atom. The number of nitrogens with two attached hydrogens (primary N) is 1. The average Bonchev–Trinajstić information content (AvgIpc) is 2.91. The maximum absolute atomic E-state index is 9.58. The van der Waals surface area contributed by atoms with Crippen LogP contribution in [-0.4, -0.2) is 29.6 Å². The molecule has 1 aliphatic heterocycles. The van der Waals surface area contributed by atoms with Crippen LogP contribution in [0, 0.1) is 5.92 Å². The van der Waals surface area contributed by atoms with Crippen molar-refractivity contribution in [2.24, 2.45) is 11.7 Å². The zero-order valence-electron chi connectivity index (χ0n) is 12.2. The van der Waals surface area contributed by atoms with Crippen molar-refractivity contribution in [2.75, 3.05) is 19.6 Å². The van der Waals surface area contributed by atoms with Crippen LogP contribution in [-0.2, 0) is 6.54 Å². The summed E-state index contributed by atoms with van der Waals surface area (Å²) in [7, 11) is 0. The van der Waals surface area contributed by atoms with Crippen molar-refractivity contribution < 1.29 is 5.11 Å². The molecule has 0 aromatic heterocycles. The van der Waals surface area contributed by atoms with Gasteiger partial charge in [-0.25, -0.2) is 0 Å². The second-order valence-electron chi connectivity index (χ2n) is 5.88. The monoisotopic (exact) mass is 282 g/mol. The molecule has 21 heavy (non-hydrogen) atoms. The highest BCUT2D eigenvalue weighted by Gasteiger charge is 2.32. The second kappa shape index (κ2) is 6.29. The molecule has 3 N–H and O–H groups in total. The quantitative estimate of drug-likeness (QED) is 0.906. The first-order valence-corrected chi connectivity index (χ1v) is 7.51. The minimum Gasteiger partial charge on any atom is -0.508 e. The minimum atomic E-state index is 0.335. The lowest BCUT2D eigenvalue weighted by atomic mass is 9.89. The van der Waals surface area contributed by atoms with Gasteiger partial charge in [-0.2, -0.15) is 0 Å². The molecule has 3 rings (SSSR count). The first-order chi connectivity index (χ1) is 10.3. The minimum absolute atomic E-state index is 0.335. The van der Waals surface area contributed by atoms with Crippen LogP contribution in [0.5, 0.6) is 5.75 Å². The van der Waals surface area contributed by atoms with E-state index in [4.69, 9.17) is 5.73 Å². The van der Waals surface area contributed by atoms with E-state index in [1.165, 1.54) is 5.56 Å². The summed E-state index contributed by atoms with van der Waals surface area (Å²) in [6.07, 6.45) is 0. The van der Waals surface area contributed by atoms with E-state index in [2.05, 4.69) is 41.3 Å². The number of rotatable bonds is 4. The molecule has 2 atom stereocenters. The van der Waals surface area contributed by atoms with E-state index in [-0.39, 0.29) is 0 Å². The van der Waals surface area contributed by atoms with Crippen molar-refractivity contribution in [3.8, 4) is 5.75 Å². The number of likely N-dealkylation sites (tertiary alicyclic amines) is 1. The molecule has 0 aliphatic carbocycles. The second-order valence-corrected chi connectivity index (χ2v) is 5.88. The summed E-state index contributed by atoms with van der Waals surface area (Å²) in [6, 6.07) is 18.2. The highest BCUT2D eigenvalue weighted by molar-refractivity contribution is 5.28. The van der Waals surface area contributed by atoms with Gasteiger partial charge >= 0.3 is 0 Å². The fraction of sp³-hybridized carbons (Fsp3) is 0.333. The molecule has 3 heteroatoms. The van der Waals surface area contributed by atoms with E-state index in [1.807, 2.05) is 12.1 Å². The number of phenols is 1. The largest absolute Gasteiger partial charge is 0.508 e. The smallest absolute Gasteiger partial charge is 0.115 e. The van der Waals surface area contributed by atoms with E-state index in [9.17, 15) is 5.11 Å². The van der Waals surface area contributed by atoms with Crippen molar-refractivity contribution >= 4 is 0 Å². The van der Waals surface area contributed by atoms with E-state index >= 15 is 0 Å². The van der Waals surface area contributed by atoms with Gasteiger partial charge in [0, 0.05) is 25.6 Å². The summed E-state index contributed by atoms with van der Waals surface area (Å²) in [6.45, 7) is 3.64. The van der Waals surface area contributed by atoms with Gasteiger partial charge in [-0.15, -0.1) is 0 Å². The fourth-order valence-corrected chi connectivity index (χ4v) is 3.32. The zero-order chi connectivity index (χ0) is 14.7. The number of hydrogen-bond donors (Lipinski definition) is 2. The SMILES string of the molecule is NC[C@@H]1CN(Cc2cccc(O)c2)C[C@H]1c1ccccc1. The Labute approximate surface area is 126 Å². The Morgan fingerprint density at radius 1 is 1.05 bits per heavy atom. The Hall–Kier alpha value is -1.84. The van der Waals surface area contributed by atoms with Crippen molar-refractivity contribution in [1.29, 1.82) is 0 Å². The van der Waals surface area contributed by atoms with Crippen LogP contribution in [0.1, 0.15) is 17.0 Å². The lowest BCUT2D eigenvalue weighted by Crippen LogP contribution is -2.23. The molecule has 0 amide bonds. The maximum Gasteiger partial charge on any atom is 0.115 e. The van der Waals surface area contributed by atoms with Gasteiger partial charge in [-0.1, -0.05) is 42.5 Å². The van der Waals surface area contributed by atoms with Crippen molar-refractivity contribution in [2.45, 2.75) is 12.5 Å². The lowest BCUT2D eigenvalue weighted by Gasteiger charge is -2.17. The van der Waals surface area contributed by atoms with Crippen LogP contribution in [0.15, 0.2) is 54.6 Å². The molecule has 0 bridgehead atoms. The zero-order valence-corrected chi connectivity index (χ0v) is 12.2. The highest BCUT2D eigenvalue weighted by Crippen LogP contribution is 2.32.